The number of thioether (sulfide) groups is 1. The Morgan fingerprint density at radius 1 is 1.38 bits per heavy atom. The average Bonchev–Trinajstić information content (AvgIpc) is 2.92. The van der Waals surface area contributed by atoms with E-state index in [4.69, 9.17) is 0 Å². The van der Waals surface area contributed by atoms with Gasteiger partial charge in [-0.3, -0.25) is 10.1 Å². The second-order valence-corrected chi connectivity index (χ2v) is 6.64. The molecular formula is C13H17N5OS2. The number of aryl methyl sites for hydroxylation is 2. The highest BCUT2D eigenvalue weighted by atomic mass is 32.2. The largest absolute Gasteiger partial charge is 0.300 e. The van der Waals surface area contributed by atoms with Gasteiger partial charge in [-0.15, -0.1) is 10.2 Å². The van der Waals surface area contributed by atoms with Gasteiger partial charge in [0.1, 0.15) is 16.4 Å². The zero-order chi connectivity index (χ0) is 15.2. The van der Waals surface area contributed by atoms with Gasteiger partial charge in [-0.2, -0.15) is 0 Å². The monoisotopic (exact) mass is 323 g/mol. The summed E-state index contributed by atoms with van der Waals surface area (Å²) in [4.78, 5) is 20.5. The van der Waals surface area contributed by atoms with Gasteiger partial charge in [-0.1, -0.05) is 36.9 Å². The SMILES string of the molecule is CCc1nnc(NC(=O)C(CC)Sc2cc(C)ncn2)s1. The van der Waals surface area contributed by atoms with Crippen molar-refractivity contribution in [3.8, 4) is 0 Å². The Hall–Kier alpha value is -1.54. The summed E-state index contributed by atoms with van der Waals surface area (Å²) >= 11 is 2.84. The molecule has 1 N–H and O–H groups in total. The topological polar surface area (TPSA) is 80.7 Å². The van der Waals surface area contributed by atoms with E-state index in [2.05, 4.69) is 25.5 Å². The van der Waals surface area contributed by atoms with Gasteiger partial charge in [0.2, 0.25) is 11.0 Å². The molecule has 0 aliphatic rings. The molecule has 0 spiro atoms. The maximum Gasteiger partial charge on any atom is 0.239 e. The summed E-state index contributed by atoms with van der Waals surface area (Å²) in [6.07, 6.45) is 3.04. The highest BCUT2D eigenvalue weighted by Gasteiger charge is 2.20. The Kier molecular flexibility index (Phi) is 5.63. The van der Waals surface area contributed by atoms with E-state index < -0.39 is 0 Å². The van der Waals surface area contributed by atoms with E-state index in [1.54, 1.807) is 0 Å². The van der Waals surface area contributed by atoms with Crippen LogP contribution in [0.15, 0.2) is 17.4 Å². The normalized spacial score (nSPS) is 12.1. The molecule has 2 aromatic heterocycles. The number of nitrogens with one attached hydrogen (secondary N) is 1. The summed E-state index contributed by atoms with van der Waals surface area (Å²) in [5, 5.41) is 12.8. The molecule has 0 aliphatic heterocycles. The van der Waals surface area contributed by atoms with Crippen molar-refractivity contribution in [3.63, 3.8) is 0 Å². The lowest BCUT2D eigenvalue weighted by Crippen LogP contribution is -2.24. The average molecular weight is 323 g/mol. The van der Waals surface area contributed by atoms with Crippen LogP contribution in [0.5, 0.6) is 0 Å². The van der Waals surface area contributed by atoms with Crippen LogP contribution in [-0.4, -0.2) is 31.3 Å². The van der Waals surface area contributed by atoms with E-state index in [0.29, 0.717) is 11.6 Å². The lowest BCUT2D eigenvalue weighted by molar-refractivity contribution is -0.115. The number of amides is 1. The lowest BCUT2D eigenvalue weighted by atomic mass is 10.3. The van der Waals surface area contributed by atoms with Crippen LogP contribution in [-0.2, 0) is 11.2 Å². The zero-order valence-electron chi connectivity index (χ0n) is 12.2. The molecule has 21 heavy (non-hydrogen) atoms. The number of aromatic nitrogens is 4. The molecule has 8 heteroatoms. The molecule has 0 fully saturated rings. The van der Waals surface area contributed by atoms with Crippen LogP contribution in [0.4, 0.5) is 5.13 Å². The number of hydrogen-bond acceptors (Lipinski definition) is 7. The number of anilines is 1. The first-order valence-corrected chi connectivity index (χ1v) is 8.40. The van der Waals surface area contributed by atoms with Crippen LogP contribution in [0.2, 0.25) is 0 Å². The van der Waals surface area contributed by atoms with Crippen molar-refractivity contribution >= 4 is 34.1 Å². The third kappa shape index (κ3) is 4.47. The fourth-order valence-corrected chi connectivity index (χ4v) is 3.25. The maximum absolute atomic E-state index is 12.3. The minimum absolute atomic E-state index is 0.0717. The highest BCUT2D eigenvalue weighted by Crippen LogP contribution is 2.25. The molecule has 0 bridgehead atoms. The van der Waals surface area contributed by atoms with Crippen molar-refractivity contribution in [2.45, 2.75) is 43.9 Å². The molecule has 2 aromatic rings. The maximum atomic E-state index is 12.3. The molecule has 1 atom stereocenters. The van der Waals surface area contributed by atoms with Crippen molar-refractivity contribution < 1.29 is 4.79 Å². The van der Waals surface area contributed by atoms with E-state index in [-0.39, 0.29) is 11.2 Å². The molecule has 1 unspecified atom stereocenters. The van der Waals surface area contributed by atoms with Crippen molar-refractivity contribution in [2.75, 3.05) is 5.32 Å². The van der Waals surface area contributed by atoms with Crippen LogP contribution in [0, 0.1) is 6.92 Å². The van der Waals surface area contributed by atoms with E-state index in [1.165, 1.54) is 29.4 Å². The minimum Gasteiger partial charge on any atom is -0.300 e. The van der Waals surface area contributed by atoms with E-state index >= 15 is 0 Å². The molecule has 0 radical (unpaired) electrons. The van der Waals surface area contributed by atoms with Crippen LogP contribution >= 0.6 is 23.1 Å². The second-order valence-electron chi connectivity index (χ2n) is 4.36. The molecule has 2 heterocycles. The van der Waals surface area contributed by atoms with Crippen molar-refractivity contribution in [2.24, 2.45) is 0 Å². The summed E-state index contributed by atoms with van der Waals surface area (Å²) in [6.45, 7) is 5.89. The number of rotatable bonds is 6. The Labute approximate surface area is 131 Å². The van der Waals surface area contributed by atoms with Crippen LogP contribution in [0.3, 0.4) is 0 Å². The molecule has 1 amide bonds. The van der Waals surface area contributed by atoms with Gasteiger partial charge in [-0.05, 0) is 25.8 Å². The first-order valence-electron chi connectivity index (χ1n) is 6.71. The standard InChI is InChI=1S/C13H17N5OS2/c1-4-9(20-11-6-8(3)14-7-15-11)12(19)16-13-18-17-10(5-2)21-13/h6-7,9H,4-5H2,1-3H3,(H,16,18,19). The number of hydrogen-bond donors (Lipinski definition) is 1. The molecule has 0 aliphatic carbocycles. The summed E-state index contributed by atoms with van der Waals surface area (Å²) < 4.78 is 0. The summed E-state index contributed by atoms with van der Waals surface area (Å²) in [6, 6.07) is 1.88. The Balaban J connectivity index is 2.01. The summed E-state index contributed by atoms with van der Waals surface area (Å²) in [5.41, 5.74) is 0.888. The van der Waals surface area contributed by atoms with Crippen molar-refractivity contribution in [1.82, 2.24) is 20.2 Å². The highest BCUT2D eigenvalue weighted by molar-refractivity contribution is 8.00. The van der Waals surface area contributed by atoms with Gasteiger partial charge in [0, 0.05) is 5.69 Å². The number of carbonyl (C=O) groups excluding carboxylic acids is 1. The van der Waals surface area contributed by atoms with Gasteiger partial charge in [0.15, 0.2) is 0 Å². The molecule has 112 valence electrons. The van der Waals surface area contributed by atoms with Gasteiger partial charge >= 0.3 is 0 Å². The molecule has 2 rings (SSSR count). The summed E-state index contributed by atoms with van der Waals surface area (Å²) in [5.74, 6) is -0.0717. The van der Waals surface area contributed by atoms with E-state index in [1.807, 2.05) is 26.8 Å². The molecule has 0 aromatic carbocycles. The van der Waals surface area contributed by atoms with Gasteiger partial charge in [0.25, 0.3) is 0 Å². The fourth-order valence-electron chi connectivity index (χ4n) is 1.60. The number of carbonyl (C=O) groups is 1. The smallest absolute Gasteiger partial charge is 0.239 e. The Bertz CT molecular complexity index is 616. The first-order chi connectivity index (χ1) is 10.1. The van der Waals surface area contributed by atoms with Crippen molar-refractivity contribution in [3.05, 3.63) is 23.1 Å². The molecule has 6 nitrogen and oxygen atoms in total. The van der Waals surface area contributed by atoms with Gasteiger partial charge in [-0.25, -0.2) is 9.97 Å². The number of nitrogens with zero attached hydrogens (tertiary/aromatic N) is 4. The van der Waals surface area contributed by atoms with Gasteiger partial charge < -0.3 is 0 Å². The lowest BCUT2D eigenvalue weighted by Gasteiger charge is -2.12. The molecule has 0 saturated heterocycles. The van der Waals surface area contributed by atoms with Crippen LogP contribution in [0.25, 0.3) is 0 Å². The first kappa shape index (κ1) is 15.8. The minimum atomic E-state index is -0.215. The third-order valence-electron chi connectivity index (χ3n) is 2.70. The van der Waals surface area contributed by atoms with Crippen LogP contribution in [0.1, 0.15) is 31.0 Å². The van der Waals surface area contributed by atoms with Crippen LogP contribution < -0.4 is 5.32 Å². The Morgan fingerprint density at radius 3 is 2.81 bits per heavy atom. The van der Waals surface area contributed by atoms with Gasteiger partial charge in [0.05, 0.1) is 5.25 Å². The predicted molar refractivity (Wildman–Crippen MR) is 84.6 cm³/mol. The Morgan fingerprint density at radius 2 is 2.19 bits per heavy atom. The zero-order valence-corrected chi connectivity index (χ0v) is 13.8. The third-order valence-corrected chi connectivity index (χ3v) is 4.98. The quantitative estimate of drug-likeness (QED) is 0.650. The fraction of sp³-hybridized carbons (Fsp3) is 0.462. The molecule has 0 saturated carbocycles. The second kappa shape index (κ2) is 7.46. The van der Waals surface area contributed by atoms with E-state index in [9.17, 15) is 4.79 Å². The van der Waals surface area contributed by atoms with E-state index in [0.717, 1.165) is 22.1 Å². The summed E-state index contributed by atoms with van der Waals surface area (Å²) in [7, 11) is 0. The molecular weight excluding hydrogens is 306 g/mol. The predicted octanol–water partition coefficient (Wildman–Crippen LogP) is 2.71. The van der Waals surface area contributed by atoms with Crippen molar-refractivity contribution in [1.29, 1.82) is 0 Å².